The second-order valence-corrected chi connectivity index (χ2v) is 4.68. The lowest BCUT2D eigenvalue weighted by molar-refractivity contribution is 0.0459. The van der Waals surface area contributed by atoms with E-state index in [1.807, 2.05) is 27.7 Å². The maximum Gasteiger partial charge on any atom is 0.338 e. The summed E-state index contributed by atoms with van der Waals surface area (Å²) in [4.78, 5) is 11.6. The van der Waals surface area contributed by atoms with Crippen molar-refractivity contribution in [1.82, 2.24) is 0 Å². The normalized spacial score (nSPS) is 10.7. The van der Waals surface area contributed by atoms with Gasteiger partial charge in [0.15, 0.2) is 0 Å². The number of carbonyl (C=O) groups is 1. The highest BCUT2D eigenvalue weighted by molar-refractivity contribution is 5.89. The second kappa shape index (κ2) is 6.28. The molecule has 0 radical (unpaired) electrons. The lowest BCUT2D eigenvalue weighted by Gasteiger charge is -2.10. The van der Waals surface area contributed by atoms with Crippen molar-refractivity contribution in [3.8, 4) is 5.75 Å². The number of rotatable bonds is 5. The molecule has 3 heteroatoms. The molecule has 0 saturated heterocycles. The average molecular weight is 236 g/mol. The molecule has 0 amide bonds. The molecule has 0 aliphatic carbocycles. The summed E-state index contributed by atoms with van der Waals surface area (Å²) in [6, 6.07) is 7.01. The van der Waals surface area contributed by atoms with Gasteiger partial charge in [0.05, 0.1) is 18.3 Å². The Morgan fingerprint density at radius 1 is 1.12 bits per heavy atom. The smallest absolute Gasteiger partial charge is 0.338 e. The van der Waals surface area contributed by atoms with Crippen LogP contribution in [0.5, 0.6) is 5.75 Å². The predicted molar refractivity (Wildman–Crippen MR) is 67.3 cm³/mol. The molecule has 0 spiro atoms. The van der Waals surface area contributed by atoms with Gasteiger partial charge in [-0.25, -0.2) is 4.79 Å². The van der Waals surface area contributed by atoms with E-state index in [1.165, 1.54) is 0 Å². The van der Waals surface area contributed by atoms with Gasteiger partial charge in [-0.05, 0) is 44.0 Å². The Balaban J connectivity index is 2.57. The Kier molecular flexibility index (Phi) is 5.01. The summed E-state index contributed by atoms with van der Waals surface area (Å²) in [5.74, 6) is 0.831. The number of hydrogen-bond acceptors (Lipinski definition) is 3. The molecule has 94 valence electrons. The lowest BCUT2D eigenvalue weighted by Crippen LogP contribution is -2.10. The molecule has 0 heterocycles. The molecule has 0 N–H and O–H groups in total. The second-order valence-electron chi connectivity index (χ2n) is 4.68. The van der Waals surface area contributed by atoms with Gasteiger partial charge in [0.1, 0.15) is 5.75 Å². The van der Waals surface area contributed by atoms with E-state index in [0.29, 0.717) is 18.1 Å². The Hall–Kier alpha value is -1.51. The number of esters is 1. The van der Waals surface area contributed by atoms with Crippen molar-refractivity contribution in [3.63, 3.8) is 0 Å². The lowest BCUT2D eigenvalue weighted by atomic mass is 10.2. The van der Waals surface area contributed by atoms with Crippen LogP contribution < -0.4 is 4.74 Å². The standard InChI is InChI=1S/C14H20O3/c1-10(2)9-16-14(15)12-5-7-13(8-6-12)17-11(3)4/h5-8,10-11H,9H2,1-4H3. The van der Waals surface area contributed by atoms with E-state index in [1.54, 1.807) is 24.3 Å². The van der Waals surface area contributed by atoms with Gasteiger partial charge in [-0.3, -0.25) is 0 Å². The minimum atomic E-state index is -0.283. The third-order valence-electron chi connectivity index (χ3n) is 2.01. The minimum Gasteiger partial charge on any atom is -0.491 e. The first-order chi connectivity index (χ1) is 7.99. The summed E-state index contributed by atoms with van der Waals surface area (Å²) >= 11 is 0. The van der Waals surface area contributed by atoms with Crippen LogP contribution in [0.15, 0.2) is 24.3 Å². The summed E-state index contributed by atoms with van der Waals surface area (Å²) in [6.07, 6.45) is 0.133. The Bertz CT molecular complexity index is 352. The molecular weight excluding hydrogens is 216 g/mol. The van der Waals surface area contributed by atoms with Crippen LogP contribution in [-0.4, -0.2) is 18.7 Å². The van der Waals surface area contributed by atoms with Crippen LogP contribution in [-0.2, 0) is 4.74 Å². The molecule has 0 aliphatic heterocycles. The van der Waals surface area contributed by atoms with Gasteiger partial charge >= 0.3 is 5.97 Å². The predicted octanol–water partition coefficient (Wildman–Crippen LogP) is 3.29. The molecule has 3 nitrogen and oxygen atoms in total. The van der Waals surface area contributed by atoms with E-state index in [9.17, 15) is 4.79 Å². The van der Waals surface area contributed by atoms with Gasteiger partial charge in [-0.15, -0.1) is 0 Å². The van der Waals surface area contributed by atoms with Crippen molar-refractivity contribution in [2.75, 3.05) is 6.61 Å². The number of carbonyl (C=O) groups excluding carboxylic acids is 1. The highest BCUT2D eigenvalue weighted by Crippen LogP contribution is 2.14. The topological polar surface area (TPSA) is 35.5 Å². The van der Waals surface area contributed by atoms with Gasteiger partial charge < -0.3 is 9.47 Å². The van der Waals surface area contributed by atoms with Crippen LogP contribution in [0, 0.1) is 5.92 Å². The van der Waals surface area contributed by atoms with Crippen LogP contribution >= 0.6 is 0 Å². The van der Waals surface area contributed by atoms with E-state index in [0.717, 1.165) is 5.75 Å². The first-order valence-corrected chi connectivity index (χ1v) is 5.93. The molecule has 0 unspecified atom stereocenters. The molecule has 1 aromatic rings. The molecule has 0 bridgehead atoms. The zero-order valence-corrected chi connectivity index (χ0v) is 10.9. The molecule has 0 saturated carbocycles. The van der Waals surface area contributed by atoms with Crippen molar-refractivity contribution in [3.05, 3.63) is 29.8 Å². The van der Waals surface area contributed by atoms with Crippen molar-refractivity contribution in [2.45, 2.75) is 33.8 Å². The first-order valence-electron chi connectivity index (χ1n) is 5.93. The van der Waals surface area contributed by atoms with Crippen molar-refractivity contribution in [1.29, 1.82) is 0 Å². The average Bonchev–Trinajstić information content (AvgIpc) is 2.26. The fraction of sp³-hybridized carbons (Fsp3) is 0.500. The van der Waals surface area contributed by atoms with E-state index in [2.05, 4.69) is 0 Å². The van der Waals surface area contributed by atoms with E-state index in [-0.39, 0.29) is 12.1 Å². The van der Waals surface area contributed by atoms with Crippen LogP contribution in [0.1, 0.15) is 38.1 Å². The molecule has 1 aromatic carbocycles. The van der Waals surface area contributed by atoms with Gasteiger partial charge in [0.2, 0.25) is 0 Å². The number of benzene rings is 1. The van der Waals surface area contributed by atoms with Gasteiger partial charge in [-0.1, -0.05) is 13.8 Å². The maximum atomic E-state index is 11.6. The van der Waals surface area contributed by atoms with Crippen LogP contribution in [0.4, 0.5) is 0 Å². The summed E-state index contributed by atoms with van der Waals surface area (Å²) in [6.45, 7) is 8.39. The van der Waals surface area contributed by atoms with E-state index >= 15 is 0 Å². The molecule has 0 atom stereocenters. The zero-order chi connectivity index (χ0) is 12.8. The third kappa shape index (κ3) is 4.89. The summed E-state index contributed by atoms with van der Waals surface area (Å²) < 4.78 is 10.6. The van der Waals surface area contributed by atoms with Gasteiger partial charge in [0.25, 0.3) is 0 Å². The highest BCUT2D eigenvalue weighted by Gasteiger charge is 2.08. The quantitative estimate of drug-likeness (QED) is 0.736. The largest absolute Gasteiger partial charge is 0.491 e. The fourth-order valence-electron chi connectivity index (χ4n) is 1.27. The Labute approximate surface area is 103 Å². The van der Waals surface area contributed by atoms with Crippen molar-refractivity contribution < 1.29 is 14.3 Å². The van der Waals surface area contributed by atoms with Crippen molar-refractivity contribution >= 4 is 5.97 Å². The minimum absolute atomic E-state index is 0.133. The van der Waals surface area contributed by atoms with E-state index in [4.69, 9.17) is 9.47 Å². The summed E-state index contributed by atoms with van der Waals surface area (Å²) in [5, 5.41) is 0. The first kappa shape index (κ1) is 13.6. The molecule has 0 aliphatic rings. The number of hydrogen-bond donors (Lipinski definition) is 0. The maximum absolute atomic E-state index is 11.6. The van der Waals surface area contributed by atoms with Crippen molar-refractivity contribution in [2.24, 2.45) is 5.92 Å². The van der Waals surface area contributed by atoms with Crippen LogP contribution in [0.25, 0.3) is 0 Å². The van der Waals surface area contributed by atoms with Gasteiger partial charge in [-0.2, -0.15) is 0 Å². The molecule has 17 heavy (non-hydrogen) atoms. The van der Waals surface area contributed by atoms with Crippen LogP contribution in [0.3, 0.4) is 0 Å². The number of ether oxygens (including phenoxy) is 2. The summed E-state index contributed by atoms with van der Waals surface area (Å²) in [5.41, 5.74) is 0.557. The third-order valence-corrected chi connectivity index (χ3v) is 2.01. The fourth-order valence-corrected chi connectivity index (χ4v) is 1.27. The van der Waals surface area contributed by atoms with E-state index < -0.39 is 0 Å². The SMILES string of the molecule is CC(C)COC(=O)c1ccc(OC(C)C)cc1. The molecule has 0 aromatic heterocycles. The van der Waals surface area contributed by atoms with Crippen LogP contribution in [0.2, 0.25) is 0 Å². The molecule has 0 fully saturated rings. The zero-order valence-electron chi connectivity index (χ0n) is 10.9. The molecular formula is C14H20O3. The highest BCUT2D eigenvalue weighted by atomic mass is 16.5. The van der Waals surface area contributed by atoms with Gasteiger partial charge in [0, 0.05) is 0 Å². The Morgan fingerprint density at radius 3 is 2.18 bits per heavy atom. The monoisotopic (exact) mass is 236 g/mol. The summed E-state index contributed by atoms with van der Waals surface area (Å²) in [7, 11) is 0. The molecule has 1 rings (SSSR count). The Morgan fingerprint density at radius 2 is 1.71 bits per heavy atom.